The van der Waals surface area contributed by atoms with Gasteiger partial charge < -0.3 is 19.5 Å². The lowest BCUT2D eigenvalue weighted by Crippen LogP contribution is -2.52. The fourth-order valence-corrected chi connectivity index (χ4v) is 4.42. The Labute approximate surface area is 190 Å². The van der Waals surface area contributed by atoms with Crippen molar-refractivity contribution < 1.29 is 9.26 Å². The highest BCUT2D eigenvalue weighted by Gasteiger charge is 2.32. The highest BCUT2D eigenvalue weighted by molar-refractivity contribution is 14.0. The van der Waals surface area contributed by atoms with E-state index in [2.05, 4.69) is 33.5 Å². The summed E-state index contributed by atoms with van der Waals surface area (Å²) >= 11 is 1.95. The van der Waals surface area contributed by atoms with Gasteiger partial charge in [0.15, 0.2) is 5.96 Å². The van der Waals surface area contributed by atoms with Gasteiger partial charge in [0.25, 0.3) is 0 Å². The Morgan fingerprint density at radius 3 is 2.57 bits per heavy atom. The van der Waals surface area contributed by atoms with Crippen LogP contribution in [-0.2, 0) is 11.3 Å². The molecule has 0 aromatic carbocycles. The molecule has 0 amide bonds. The van der Waals surface area contributed by atoms with Gasteiger partial charge in [0, 0.05) is 63.3 Å². The Kier molecular flexibility index (Phi) is 9.85. The molecule has 0 unspecified atom stereocenters. The van der Waals surface area contributed by atoms with E-state index in [0.29, 0.717) is 0 Å². The number of aromatic nitrogens is 1. The highest BCUT2D eigenvalue weighted by Crippen LogP contribution is 2.34. The van der Waals surface area contributed by atoms with Crippen LogP contribution in [0.5, 0.6) is 0 Å². The predicted molar refractivity (Wildman–Crippen MR) is 126 cm³/mol. The second-order valence-corrected chi connectivity index (χ2v) is 8.64. The second-order valence-electron chi connectivity index (χ2n) is 7.36. The summed E-state index contributed by atoms with van der Waals surface area (Å²) in [4.78, 5) is 9.85. The summed E-state index contributed by atoms with van der Waals surface area (Å²) in [6, 6.07) is 2.02. The first-order chi connectivity index (χ1) is 13.1. The lowest BCUT2D eigenvalue weighted by Gasteiger charge is -2.38. The number of nitrogens with zero attached hydrogens (tertiary/aromatic N) is 4. The van der Waals surface area contributed by atoms with Gasteiger partial charge in [-0.1, -0.05) is 5.16 Å². The molecule has 1 aromatic heterocycles. The van der Waals surface area contributed by atoms with Crippen molar-refractivity contribution >= 4 is 41.7 Å². The third-order valence-corrected chi connectivity index (χ3v) is 6.83. The number of aryl methyl sites for hydroxylation is 1. The molecule has 2 fully saturated rings. The van der Waals surface area contributed by atoms with Gasteiger partial charge in [-0.15, -0.1) is 24.0 Å². The number of halogens is 1. The molecule has 0 bridgehead atoms. The topological polar surface area (TPSA) is 66.1 Å². The summed E-state index contributed by atoms with van der Waals surface area (Å²) in [5.41, 5.74) is 1.02. The average molecular weight is 523 g/mol. The Balaban J connectivity index is 0.00000280. The van der Waals surface area contributed by atoms with Gasteiger partial charge in [-0.05, 0) is 32.9 Å². The van der Waals surface area contributed by atoms with Gasteiger partial charge >= 0.3 is 0 Å². The van der Waals surface area contributed by atoms with Gasteiger partial charge in [0.2, 0.25) is 0 Å². The normalized spacial score (nSPS) is 20.7. The van der Waals surface area contributed by atoms with Crippen LogP contribution in [-0.4, -0.2) is 84.4 Å². The molecule has 0 radical (unpaired) electrons. The average Bonchev–Trinajstić information content (AvgIpc) is 3.11. The summed E-state index contributed by atoms with van der Waals surface area (Å²) in [6.45, 7) is 12.4. The number of hydrogen-bond donors (Lipinski definition) is 1. The van der Waals surface area contributed by atoms with Crippen molar-refractivity contribution in [3.63, 3.8) is 0 Å². The molecule has 160 valence electrons. The van der Waals surface area contributed by atoms with Crippen LogP contribution in [0.25, 0.3) is 0 Å². The zero-order valence-electron chi connectivity index (χ0n) is 17.3. The number of thioether (sulfide) groups is 1. The van der Waals surface area contributed by atoms with Gasteiger partial charge in [0.1, 0.15) is 5.76 Å². The maximum absolute atomic E-state index is 5.55. The van der Waals surface area contributed by atoms with E-state index in [4.69, 9.17) is 14.3 Å². The number of piperazine rings is 1. The van der Waals surface area contributed by atoms with Crippen molar-refractivity contribution in [1.29, 1.82) is 0 Å². The fourth-order valence-electron chi connectivity index (χ4n) is 3.65. The van der Waals surface area contributed by atoms with Gasteiger partial charge in [-0.2, -0.15) is 11.8 Å². The van der Waals surface area contributed by atoms with E-state index in [0.717, 1.165) is 89.3 Å². The zero-order valence-corrected chi connectivity index (χ0v) is 20.4. The monoisotopic (exact) mass is 523 g/mol. The van der Waals surface area contributed by atoms with E-state index < -0.39 is 0 Å². The quantitative estimate of drug-likeness (QED) is 0.350. The highest BCUT2D eigenvalue weighted by atomic mass is 127. The first-order valence-electron chi connectivity index (χ1n) is 9.95. The van der Waals surface area contributed by atoms with Crippen LogP contribution in [0.15, 0.2) is 15.6 Å². The SMILES string of the molecule is CCNC(=NCC1(SC)CCOCC1)N1CCN(Cc2cc(C)on2)CC1.I. The molecule has 0 aliphatic carbocycles. The van der Waals surface area contributed by atoms with E-state index >= 15 is 0 Å². The van der Waals surface area contributed by atoms with Crippen molar-refractivity contribution in [2.45, 2.75) is 38.0 Å². The Morgan fingerprint density at radius 1 is 1.29 bits per heavy atom. The molecule has 0 spiro atoms. The molecule has 9 heteroatoms. The third-order valence-electron chi connectivity index (χ3n) is 5.42. The largest absolute Gasteiger partial charge is 0.381 e. The molecule has 0 atom stereocenters. The fraction of sp³-hybridized carbons (Fsp3) is 0.789. The molecular formula is C19H34IN5O2S. The summed E-state index contributed by atoms with van der Waals surface area (Å²) in [7, 11) is 0. The van der Waals surface area contributed by atoms with Crippen LogP contribution in [0.3, 0.4) is 0 Å². The number of aliphatic imine (C=N–C) groups is 1. The van der Waals surface area contributed by atoms with E-state index in [-0.39, 0.29) is 28.7 Å². The van der Waals surface area contributed by atoms with Crippen molar-refractivity contribution in [1.82, 2.24) is 20.3 Å². The van der Waals surface area contributed by atoms with Crippen LogP contribution in [0.1, 0.15) is 31.2 Å². The molecule has 7 nitrogen and oxygen atoms in total. The number of guanidine groups is 1. The Hall–Kier alpha value is -0.520. The molecule has 0 saturated carbocycles. The minimum atomic E-state index is 0. The molecule has 3 heterocycles. The zero-order chi connectivity index (χ0) is 19.1. The minimum Gasteiger partial charge on any atom is -0.381 e. The maximum Gasteiger partial charge on any atom is 0.194 e. The van der Waals surface area contributed by atoms with E-state index in [1.54, 1.807) is 0 Å². The van der Waals surface area contributed by atoms with Crippen LogP contribution >= 0.6 is 35.7 Å². The predicted octanol–water partition coefficient (Wildman–Crippen LogP) is 2.60. The van der Waals surface area contributed by atoms with Gasteiger partial charge in [0.05, 0.1) is 12.2 Å². The molecule has 1 aromatic rings. The van der Waals surface area contributed by atoms with Crippen LogP contribution in [0, 0.1) is 6.92 Å². The standard InChI is InChI=1S/C19H33N5O2S.HI/c1-4-20-18(21-15-19(27-3)5-11-25-12-6-19)24-9-7-23(8-10-24)14-17-13-16(2)26-22-17;/h13H,4-12,14-15H2,1-3H3,(H,20,21);1H. The van der Waals surface area contributed by atoms with Gasteiger partial charge in [-0.3, -0.25) is 9.89 Å². The van der Waals surface area contributed by atoms with E-state index in [9.17, 15) is 0 Å². The smallest absolute Gasteiger partial charge is 0.194 e. The van der Waals surface area contributed by atoms with Crippen molar-refractivity contribution in [2.75, 3.05) is 58.7 Å². The lowest BCUT2D eigenvalue weighted by atomic mass is 9.99. The van der Waals surface area contributed by atoms with Crippen LogP contribution in [0.2, 0.25) is 0 Å². The second kappa shape index (κ2) is 11.6. The Morgan fingerprint density at radius 2 is 2.00 bits per heavy atom. The molecule has 2 aliphatic heterocycles. The molecular weight excluding hydrogens is 489 g/mol. The summed E-state index contributed by atoms with van der Waals surface area (Å²) in [6.07, 6.45) is 4.38. The Bertz CT molecular complexity index is 613. The molecule has 3 rings (SSSR count). The third kappa shape index (κ3) is 6.50. The van der Waals surface area contributed by atoms with E-state index in [1.165, 1.54) is 0 Å². The number of nitrogens with one attached hydrogen (secondary N) is 1. The molecule has 1 N–H and O–H groups in total. The maximum atomic E-state index is 5.55. The first kappa shape index (κ1) is 23.8. The van der Waals surface area contributed by atoms with Crippen LogP contribution < -0.4 is 5.32 Å². The van der Waals surface area contributed by atoms with Gasteiger partial charge in [-0.25, -0.2) is 0 Å². The van der Waals surface area contributed by atoms with E-state index in [1.807, 2.05) is 24.8 Å². The number of ether oxygens (including phenoxy) is 1. The summed E-state index contributed by atoms with van der Waals surface area (Å²) < 4.78 is 11.0. The molecule has 2 saturated heterocycles. The first-order valence-corrected chi connectivity index (χ1v) is 11.2. The number of rotatable bonds is 6. The van der Waals surface area contributed by atoms with Crippen molar-refractivity contribution in [2.24, 2.45) is 4.99 Å². The molecule has 2 aliphatic rings. The summed E-state index contributed by atoms with van der Waals surface area (Å²) in [5.74, 6) is 1.93. The minimum absolute atomic E-state index is 0. The van der Waals surface area contributed by atoms with Crippen molar-refractivity contribution in [3.05, 3.63) is 17.5 Å². The van der Waals surface area contributed by atoms with Crippen LogP contribution in [0.4, 0.5) is 0 Å². The summed E-state index contributed by atoms with van der Waals surface area (Å²) in [5, 5.41) is 7.60. The number of hydrogen-bond acceptors (Lipinski definition) is 6. The molecule has 28 heavy (non-hydrogen) atoms. The van der Waals surface area contributed by atoms with Crippen molar-refractivity contribution in [3.8, 4) is 0 Å². The lowest BCUT2D eigenvalue weighted by molar-refractivity contribution is 0.0793.